The summed E-state index contributed by atoms with van der Waals surface area (Å²) >= 11 is 0. The average molecular weight is 388 g/mol. The average Bonchev–Trinajstić information content (AvgIpc) is 2.49. The van der Waals surface area contributed by atoms with Gasteiger partial charge in [0.15, 0.2) is 6.29 Å². The standard InChI is InChI=1S/C5H13O14P3/c6-3-2(1-16-20(8,9)10)17-5(4(3)7)18-22(14,15)19-21(11,12)13/h2-7H,1H2,(H,14,15)(H2,8,9,10)(H2,11,12,13)/p-2/t2-,3-,4-,5-/m1/s1. The summed E-state index contributed by atoms with van der Waals surface area (Å²) in [6, 6.07) is 0. The van der Waals surface area contributed by atoms with Crippen LogP contribution in [0.15, 0.2) is 0 Å². The molecule has 1 heterocycles. The molecule has 1 rings (SSSR count). The van der Waals surface area contributed by atoms with Crippen molar-refractivity contribution in [1.82, 2.24) is 0 Å². The van der Waals surface area contributed by atoms with Crippen molar-refractivity contribution in [2.24, 2.45) is 0 Å². The number of ether oxygens (including phenoxy) is 1. The summed E-state index contributed by atoms with van der Waals surface area (Å²) in [5.41, 5.74) is 0. The van der Waals surface area contributed by atoms with Gasteiger partial charge in [0.1, 0.15) is 18.3 Å². The third-order valence-electron chi connectivity index (χ3n) is 2.16. The molecule has 0 bridgehead atoms. The molecule has 0 aliphatic carbocycles. The van der Waals surface area contributed by atoms with Crippen LogP contribution in [0.5, 0.6) is 0 Å². The molecule has 1 saturated heterocycles. The topological polar surface area (TPSA) is 235 Å². The highest BCUT2D eigenvalue weighted by Crippen LogP contribution is 2.58. The molecule has 1 aliphatic rings. The van der Waals surface area contributed by atoms with E-state index in [9.17, 15) is 33.7 Å². The van der Waals surface area contributed by atoms with Gasteiger partial charge in [0.2, 0.25) is 0 Å². The molecule has 0 aromatic carbocycles. The molecular weight excluding hydrogens is 377 g/mol. The van der Waals surface area contributed by atoms with Gasteiger partial charge >= 0.3 is 15.6 Å². The number of aliphatic hydroxyl groups excluding tert-OH is 2. The smallest absolute Gasteiger partial charge is 0.483 e. The molecule has 17 heteroatoms. The highest BCUT2D eigenvalue weighted by Gasteiger charge is 2.48. The Morgan fingerprint density at radius 2 is 1.59 bits per heavy atom. The normalized spacial score (nSPS) is 32.9. The van der Waals surface area contributed by atoms with Crippen molar-refractivity contribution < 1.29 is 66.5 Å². The first-order valence-electron chi connectivity index (χ1n) is 5.16. The fourth-order valence-electron chi connectivity index (χ4n) is 1.39. The van der Waals surface area contributed by atoms with Gasteiger partial charge in [-0.05, 0) is 0 Å². The lowest BCUT2D eigenvalue weighted by Crippen LogP contribution is -2.35. The van der Waals surface area contributed by atoms with Crippen LogP contribution in [0.3, 0.4) is 0 Å². The van der Waals surface area contributed by atoms with Crippen LogP contribution >= 0.6 is 23.5 Å². The SMILES string of the molecule is O=P([O-])([O-])OC[C@H]1O[C@H](OP(=O)(O)OP(=O)(O)O)[C@H](O)[C@@H]1O. The third kappa shape index (κ3) is 6.79. The maximum absolute atomic E-state index is 11.2. The van der Waals surface area contributed by atoms with Crippen LogP contribution in [0.1, 0.15) is 0 Å². The van der Waals surface area contributed by atoms with E-state index in [4.69, 9.17) is 14.7 Å². The summed E-state index contributed by atoms with van der Waals surface area (Å²) in [4.78, 5) is 46.3. The van der Waals surface area contributed by atoms with Crippen molar-refractivity contribution in [1.29, 1.82) is 0 Å². The van der Waals surface area contributed by atoms with E-state index in [1.165, 1.54) is 0 Å². The first-order valence-corrected chi connectivity index (χ1v) is 9.65. The molecule has 0 radical (unpaired) electrons. The van der Waals surface area contributed by atoms with Crippen LogP contribution in [0.25, 0.3) is 0 Å². The van der Waals surface area contributed by atoms with Gasteiger partial charge in [-0.15, -0.1) is 0 Å². The number of hydrogen-bond acceptors (Lipinski definition) is 11. The van der Waals surface area contributed by atoms with E-state index in [1.807, 2.05) is 0 Å². The van der Waals surface area contributed by atoms with E-state index < -0.39 is 54.7 Å². The lowest BCUT2D eigenvalue weighted by atomic mass is 10.1. The molecule has 5 N–H and O–H groups in total. The molecule has 5 atom stereocenters. The highest BCUT2D eigenvalue weighted by molar-refractivity contribution is 7.60. The van der Waals surface area contributed by atoms with Crippen molar-refractivity contribution in [3.8, 4) is 0 Å². The van der Waals surface area contributed by atoms with Crippen LogP contribution in [-0.4, -0.2) is 56.1 Å². The van der Waals surface area contributed by atoms with E-state index in [1.54, 1.807) is 0 Å². The van der Waals surface area contributed by atoms with Crippen LogP contribution in [0, 0.1) is 0 Å². The third-order valence-corrected chi connectivity index (χ3v) is 4.78. The molecular formula is C5H11O14P3-2. The van der Waals surface area contributed by atoms with Gasteiger partial charge in [-0.2, -0.15) is 4.31 Å². The second-order valence-electron chi connectivity index (χ2n) is 3.91. The Balaban J connectivity index is 2.68. The second-order valence-corrected chi connectivity index (χ2v) is 7.85. The molecule has 22 heavy (non-hydrogen) atoms. The number of hydrogen-bond donors (Lipinski definition) is 5. The fraction of sp³-hybridized carbons (Fsp3) is 1.00. The molecule has 0 spiro atoms. The molecule has 1 aliphatic heterocycles. The molecule has 1 fully saturated rings. The zero-order chi connectivity index (χ0) is 17.3. The molecule has 14 nitrogen and oxygen atoms in total. The Labute approximate surface area is 122 Å². The fourth-order valence-corrected chi connectivity index (χ4v) is 3.38. The Morgan fingerprint density at radius 3 is 2.05 bits per heavy atom. The van der Waals surface area contributed by atoms with E-state index >= 15 is 0 Å². The Bertz CT molecular complexity index is 521. The number of rotatable bonds is 7. The van der Waals surface area contributed by atoms with Crippen LogP contribution < -0.4 is 9.79 Å². The van der Waals surface area contributed by atoms with Gasteiger partial charge in [-0.3, -0.25) is 4.52 Å². The molecule has 0 saturated carbocycles. The molecule has 1 unspecified atom stereocenters. The minimum atomic E-state index is -5.41. The summed E-state index contributed by atoms with van der Waals surface area (Å²) in [7, 11) is -16.2. The lowest BCUT2D eigenvalue weighted by molar-refractivity contribution is -0.343. The molecule has 132 valence electrons. The molecule has 0 aromatic rings. The van der Waals surface area contributed by atoms with Gasteiger partial charge in [0.25, 0.3) is 0 Å². The Morgan fingerprint density at radius 1 is 1.05 bits per heavy atom. The minimum Gasteiger partial charge on any atom is -0.790 e. The predicted octanol–water partition coefficient (Wildman–Crippen LogP) is -3.50. The van der Waals surface area contributed by atoms with Crippen LogP contribution in [0.2, 0.25) is 0 Å². The van der Waals surface area contributed by atoms with Crippen LogP contribution in [0.4, 0.5) is 0 Å². The van der Waals surface area contributed by atoms with E-state index in [2.05, 4.69) is 18.1 Å². The van der Waals surface area contributed by atoms with Gasteiger partial charge in [-0.1, -0.05) is 0 Å². The van der Waals surface area contributed by atoms with Gasteiger partial charge in [0, 0.05) is 0 Å². The Hall–Kier alpha value is 0.250. The summed E-state index contributed by atoms with van der Waals surface area (Å²) in [6.45, 7) is -1.03. The maximum Gasteiger partial charge on any atom is 0.483 e. The van der Waals surface area contributed by atoms with Crippen LogP contribution in [-0.2, 0) is 31.8 Å². The summed E-state index contributed by atoms with van der Waals surface area (Å²) < 4.78 is 47.9. The summed E-state index contributed by atoms with van der Waals surface area (Å²) in [6.07, 6.45) is -7.64. The zero-order valence-corrected chi connectivity index (χ0v) is 13.0. The zero-order valence-electron chi connectivity index (χ0n) is 10.3. The van der Waals surface area contributed by atoms with E-state index in [-0.39, 0.29) is 0 Å². The van der Waals surface area contributed by atoms with Gasteiger partial charge in [-0.25, -0.2) is 9.13 Å². The van der Waals surface area contributed by atoms with Gasteiger partial charge < -0.3 is 48.5 Å². The van der Waals surface area contributed by atoms with E-state index in [0.29, 0.717) is 0 Å². The van der Waals surface area contributed by atoms with Crippen molar-refractivity contribution in [3.63, 3.8) is 0 Å². The number of phosphoric ester groups is 2. The lowest BCUT2D eigenvalue weighted by Gasteiger charge is -2.30. The number of phosphoric acid groups is 3. The second kappa shape index (κ2) is 7.01. The van der Waals surface area contributed by atoms with E-state index in [0.717, 1.165) is 0 Å². The Kier molecular flexibility index (Phi) is 6.47. The van der Waals surface area contributed by atoms with Crippen molar-refractivity contribution >= 4 is 23.5 Å². The minimum absolute atomic E-state index is 1.03. The molecule has 0 amide bonds. The first-order chi connectivity index (χ1) is 9.70. The number of aliphatic hydroxyl groups is 2. The van der Waals surface area contributed by atoms with Crippen molar-refractivity contribution in [2.75, 3.05) is 6.61 Å². The predicted molar refractivity (Wildman–Crippen MR) is 58.3 cm³/mol. The quantitative estimate of drug-likeness (QED) is 0.266. The van der Waals surface area contributed by atoms with Crippen molar-refractivity contribution in [3.05, 3.63) is 0 Å². The first kappa shape index (κ1) is 20.3. The monoisotopic (exact) mass is 388 g/mol. The highest BCUT2D eigenvalue weighted by atomic mass is 31.3. The summed E-state index contributed by atoms with van der Waals surface area (Å²) in [5.74, 6) is 0. The maximum atomic E-state index is 11.2. The largest absolute Gasteiger partial charge is 0.790 e. The summed E-state index contributed by atoms with van der Waals surface area (Å²) in [5, 5.41) is 18.9. The van der Waals surface area contributed by atoms with Crippen molar-refractivity contribution in [2.45, 2.75) is 24.6 Å². The molecule has 0 aromatic heterocycles. The van der Waals surface area contributed by atoms with Gasteiger partial charge in [0.05, 0.1) is 14.4 Å².